The van der Waals surface area contributed by atoms with E-state index >= 15 is 0 Å². The SMILES string of the molecule is O/N=C(/C(=N/O)c1ccccc1)c1ccccc1.O/N=C(/C(=N/O)c1ccccc1)c1ccccc1.[Cl][Rh][Cl]. The average molecular weight is 654 g/mol. The molecule has 4 rings (SSSR count). The molecule has 4 N–H and O–H groups in total. The Labute approximate surface area is 241 Å². The van der Waals surface area contributed by atoms with Crippen LogP contribution >= 0.6 is 19.4 Å². The summed E-state index contributed by atoms with van der Waals surface area (Å²) < 4.78 is 0. The number of halogens is 2. The van der Waals surface area contributed by atoms with Gasteiger partial charge >= 0.3 is 34.5 Å². The minimum atomic E-state index is -0.226. The summed E-state index contributed by atoms with van der Waals surface area (Å²) in [5.41, 5.74) is 3.61. The minimum absolute atomic E-state index is 0.226. The number of hydrogen-bond acceptors (Lipinski definition) is 8. The maximum absolute atomic E-state index is 9.14. The third kappa shape index (κ3) is 9.65. The molecule has 0 radical (unpaired) electrons. The van der Waals surface area contributed by atoms with Gasteiger partial charge in [0.15, 0.2) is 0 Å². The third-order valence-corrected chi connectivity index (χ3v) is 5.04. The van der Waals surface area contributed by atoms with Gasteiger partial charge in [-0.25, -0.2) is 0 Å². The van der Waals surface area contributed by atoms with Gasteiger partial charge in [-0.15, -0.1) is 0 Å². The summed E-state index contributed by atoms with van der Waals surface area (Å²) in [6, 6.07) is 36.2. The third-order valence-electron chi connectivity index (χ3n) is 5.04. The van der Waals surface area contributed by atoms with Gasteiger partial charge in [-0.2, -0.15) is 0 Å². The van der Waals surface area contributed by atoms with E-state index < -0.39 is 0 Å². The van der Waals surface area contributed by atoms with E-state index in [9.17, 15) is 0 Å². The first-order valence-electron chi connectivity index (χ1n) is 11.1. The molecule has 11 heteroatoms. The van der Waals surface area contributed by atoms with E-state index in [4.69, 9.17) is 40.2 Å². The van der Waals surface area contributed by atoms with E-state index in [0.29, 0.717) is 22.3 Å². The molecular weight excluding hydrogens is 630 g/mol. The predicted octanol–water partition coefficient (Wildman–Crippen LogP) is 6.86. The van der Waals surface area contributed by atoms with Crippen molar-refractivity contribution in [3.05, 3.63) is 144 Å². The van der Waals surface area contributed by atoms with Crippen molar-refractivity contribution in [2.45, 2.75) is 0 Å². The zero-order valence-corrected chi connectivity index (χ0v) is 23.4. The topological polar surface area (TPSA) is 130 Å². The maximum atomic E-state index is 9.14. The molecule has 0 spiro atoms. The van der Waals surface area contributed by atoms with E-state index in [-0.39, 0.29) is 38.0 Å². The van der Waals surface area contributed by atoms with Crippen LogP contribution in [0.1, 0.15) is 22.3 Å². The summed E-state index contributed by atoms with van der Waals surface area (Å²) in [5.74, 6) is 0. The van der Waals surface area contributed by atoms with E-state index in [1.807, 2.05) is 72.8 Å². The van der Waals surface area contributed by atoms with Crippen molar-refractivity contribution in [3.63, 3.8) is 0 Å². The summed E-state index contributed by atoms with van der Waals surface area (Å²) in [7, 11) is 9.67. The van der Waals surface area contributed by atoms with Crippen LogP contribution in [0.3, 0.4) is 0 Å². The Balaban J connectivity index is 0.000000249. The first kappa shape index (κ1) is 31.2. The summed E-state index contributed by atoms with van der Waals surface area (Å²) in [5, 5.41) is 49.5. The first-order chi connectivity index (χ1) is 19.1. The molecule has 0 unspecified atom stereocenters. The van der Waals surface area contributed by atoms with E-state index in [1.54, 1.807) is 48.5 Å². The fourth-order valence-corrected chi connectivity index (χ4v) is 3.35. The Hall–Kier alpha value is -4.04. The molecule has 4 aromatic rings. The second-order valence-electron chi connectivity index (χ2n) is 7.31. The zero-order valence-electron chi connectivity index (χ0n) is 20.2. The molecule has 0 fully saturated rings. The number of rotatable bonds is 6. The summed E-state index contributed by atoms with van der Waals surface area (Å²) in [6.45, 7) is 0. The van der Waals surface area contributed by atoms with Gasteiger partial charge in [0.2, 0.25) is 0 Å². The summed E-state index contributed by atoms with van der Waals surface area (Å²) >= 11 is -0.226. The van der Waals surface area contributed by atoms with Crippen molar-refractivity contribution in [1.82, 2.24) is 0 Å². The number of nitrogens with zero attached hydrogens (tertiary/aromatic N) is 4. The summed E-state index contributed by atoms with van der Waals surface area (Å²) in [4.78, 5) is 0. The average Bonchev–Trinajstić information content (AvgIpc) is 3.01. The first-order valence-corrected chi connectivity index (χ1v) is 15.3. The van der Waals surface area contributed by atoms with Gasteiger partial charge in [0.25, 0.3) is 0 Å². The van der Waals surface area contributed by atoms with Crippen LogP contribution in [0, 0.1) is 0 Å². The van der Waals surface area contributed by atoms with Gasteiger partial charge in [-0.1, -0.05) is 142 Å². The molecule has 203 valence electrons. The fourth-order valence-electron chi connectivity index (χ4n) is 3.35. The van der Waals surface area contributed by atoms with Crippen LogP contribution in [0.4, 0.5) is 0 Å². The standard InChI is InChI=1S/2C14H12N2O2.2ClH.Rh/c2*17-15-13(11-7-3-1-4-8-11)14(16-18)12-9-5-2-6-10-12;;;/h2*1-10,17-18H;2*1H;/q;;;;+2/p-2/b2*15-13+,16-14+;;;. The van der Waals surface area contributed by atoms with E-state index in [0.717, 1.165) is 0 Å². The van der Waals surface area contributed by atoms with Crippen molar-refractivity contribution in [2.24, 2.45) is 20.6 Å². The molecule has 0 saturated heterocycles. The second-order valence-corrected chi connectivity index (χ2v) is 9.79. The molecule has 0 bridgehead atoms. The second kappa shape index (κ2) is 18.3. The van der Waals surface area contributed by atoms with Gasteiger partial charge in [0.1, 0.15) is 22.8 Å². The molecule has 4 aromatic carbocycles. The van der Waals surface area contributed by atoms with Crippen molar-refractivity contribution in [2.75, 3.05) is 0 Å². The molecule has 0 atom stereocenters. The van der Waals surface area contributed by atoms with Crippen LogP contribution in [0.5, 0.6) is 0 Å². The molecule has 0 aliphatic heterocycles. The predicted molar refractivity (Wildman–Crippen MR) is 151 cm³/mol. The molecule has 0 aromatic heterocycles. The quantitative estimate of drug-likeness (QED) is 0.0783. The Bertz CT molecular complexity index is 1160. The Morgan fingerprint density at radius 3 is 0.667 bits per heavy atom. The molecule has 0 saturated carbocycles. The molecule has 0 aliphatic carbocycles. The van der Waals surface area contributed by atoms with Gasteiger partial charge in [-0.3, -0.25) is 0 Å². The zero-order chi connectivity index (χ0) is 28.3. The molecule has 0 amide bonds. The molecular formula is C28H24Cl2N4O4Rh. The van der Waals surface area contributed by atoms with Crippen molar-refractivity contribution in [3.8, 4) is 0 Å². The Kier molecular flexibility index (Phi) is 14.6. The number of oxime groups is 4. The van der Waals surface area contributed by atoms with E-state index in [2.05, 4.69) is 20.6 Å². The van der Waals surface area contributed by atoms with Crippen LogP contribution < -0.4 is 0 Å². The van der Waals surface area contributed by atoms with Gasteiger partial charge < -0.3 is 20.8 Å². The van der Waals surface area contributed by atoms with Crippen LogP contribution in [0.2, 0.25) is 0 Å². The van der Waals surface area contributed by atoms with Crippen LogP contribution in [0.15, 0.2) is 142 Å². The van der Waals surface area contributed by atoms with Gasteiger partial charge in [-0.05, 0) is 0 Å². The molecule has 0 aliphatic rings. The van der Waals surface area contributed by atoms with Crippen molar-refractivity contribution in [1.29, 1.82) is 0 Å². The van der Waals surface area contributed by atoms with Crippen LogP contribution in [-0.2, 0) is 15.1 Å². The normalized spacial score (nSPS) is 12.1. The Morgan fingerprint density at radius 2 is 0.538 bits per heavy atom. The molecule has 39 heavy (non-hydrogen) atoms. The van der Waals surface area contributed by atoms with E-state index in [1.165, 1.54) is 0 Å². The summed E-state index contributed by atoms with van der Waals surface area (Å²) in [6.07, 6.45) is 0. The van der Waals surface area contributed by atoms with Crippen molar-refractivity contribution >= 4 is 42.2 Å². The van der Waals surface area contributed by atoms with Crippen LogP contribution in [0.25, 0.3) is 0 Å². The fraction of sp³-hybridized carbons (Fsp3) is 0. The number of benzene rings is 4. The molecule has 0 heterocycles. The van der Waals surface area contributed by atoms with Gasteiger partial charge in [0, 0.05) is 22.3 Å². The monoisotopic (exact) mass is 653 g/mol. The number of hydrogen-bond donors (Lipinski definition) is 4. The molecule has 8 nitrogen and oxygen atoms in total. The Morgan fingerprint density at radius 1 is 0.385 bits per heavy atom. The van der Waals surface area contributed by atoms with Crippen LogP contribution in [-0.4, -0.2) is 43.7 Å². The van der Waals surface area contributed by atoms with Crippen molar-refractivity contribution < 1.29 is 36.0 Å². The van der Waals surface area contributed by atoms with Gasteiger partial charge in [0.05, 0.1) is 0 Å².